The normalized spacial score (nSPS) is 18.0. The van der Waals surface area contributed by atoms with E-state index in [2.05, 4.69) is 35.0 Å². The van der Waals surface area contributed by atoms with Crippen LogP contribution in [0.25, 0.3) is 11.0 Å². The van der Waals surface area contributed by atoms with Gasteiger partial charge in [0.15, 0.2) is 0 Å². The first kappa shape index (κ1) is 14.6. The number of aromatic amines is 2. The summed E-state index contributed by atoms with van der Waals surface area (Å²) in [6, 6.07) is 1.56. The van der Waals surface area contributed by atoms with Crippen LogP contribution in [-0.2, 0) is 9.47 Å². The van der Waals surface area contributed by atoms with Crippen molar-refractivity contribution < 1.29 is 14.3 Å². The molecule has 1 saturated heterocycles. The predicted octanol–water partition coefficient (Wildman–Crippen LogP) is 0.440. The Morgan fingerprint density at radius 2 is 2.29 bits per heavy atom. The van der Waals surface area contributed by atoms with Crippen molar-refractivity contribution in [2.75, 3.05) is 31.8 Å². The van der Waals surface area contributed by atoms with Crippen LogP contribution in [-0.4, -0.2) is 63.0 Å². The summed E-state index contributed by atoms with van der Waals surface area (Å²) in [7, 11) is 1.34. The first-order valence-electron chi connectivity index (χ1n) is 7.39. The molecule has 124 valence electrons. The molecule has 1 unspecified atom stereocenters. The van der Waals surface area contributed by atoms with Crippen molar-refractivity contribution in [3.05, 3.63) is 30.2 Å². The van der Waals surface area contributed by atoms with Crippen LogP contribution in [0.5, 0.6) is 0 Å². The highest BCUT2D eigenvalue weighted by molar-refractivity contribution is 5.97. The Labute approximate surface area is 136 Å². The highest BCUT2D eigenvalue weighted by Gasteiger charge is 2.30. The van der Waals surface area contributed by atoms with E-state index >= 15 is 0 Å². The summed E-state index contributed by atoms with van der Waals surface area (Å²) in [6.45, 7) is 1.68. The second-order valence-electron chi connectivity index (χ2n) is 5.29. The van der Waals surface area contributed by atoms with E-state index in [9.17, 15) is 4.79 Å². The fraction of sp³-hybridized carbons (Fsp3) is 0.357. The molecule has 1 aliphatic rings. The predicted molar refractivity (Wildman–Crippen MR) is 82.5 cm³/mol. The van der Waals surface area contributed by atoms with E-state index in [0.29, 0.717) is 42.7 Å². The van der Waals surface area contributed by atoms with Crippen molar-refractivity contribution in [3.8, 4) is 0 Å². The number of H-pyrrole nitrogens is 2. The van der Waals surface area contributed by atoms with Gasteiger partial charge in [-0.05, 0) is 6.07 Å². The summed E-state index contributed by atoms with van der Waals surface area (Å²) in [6.07, 6.45) is 2.92. The maximum Gasteiger partial charge on any atom is 0.354 e. The average molecular weight is 329 g/mol. The number of rotatable bonds is 3. The lowest BCUT2D eigenvalue weighted by molar-refractivity contribution is 0.0595. The minimum absolute atomic E-state index is 0.143. The Bertz CT molecular complexity index is 861. The molecule has 10 nitrogen and oxygen atoms in total. The van der Waals surface area contributed by atoms with Crippen LogP contribution in [0.2, 0.25) is 0 Å². The van der Waals surface area contributed by atoms with E-state index < -0.39 is 5.97 Å². The second-order valence-corrected chi connectivity index (χ2v) is 5.29. The van der Waals surface area contributed by atoms with Gasteiger partial charge in [-0.15, -0.1) is 0 Å². The molecule has 2 N–H and O–H groups in total. The Morgan fingerprint density at radius 1 is 1.38 bits per heavy atom. The lowest BCUT2D eigenvalue weighted by atomic mass is 10.2. The number of morpholine rings is 1. The van der Waals surface area contributed by atoms with Crippen LogP contribution in [0.3, 0.4) is 0 Å². The van der Waals surface area contributed by atoms with Crippen LogP contribution in [0.4, 0.5) is 5.82 Å². The van der Waals surface area contributed by atoms with Gasteiger partial charge in [0.25, 0.3) is 0 Å². The van der Waals surface area contributed by atoms with E-state index in [1.807, 2.05) is 0 Å². The minimum Gasteiger partial charge on any atom is -0.464 e. The molecule has 0 saturated carbocycles. The molecule has 3 aromatic heterocycles. The van der Waals surface area contributed by atoms with Gasteiger partial charge in [-0.1, -0.05) is 0 Å². The fourth-order valence-electron chi connectivity index (χ4n) is 2.83. The monoisotopic (exact) mass is 329 g/mol. The number of fused-ring (bicyclic) bond motifs is 1. The molecule has 0 spiro atoms. The van der Waals surface area contributed by atoms with Gasteiger partial charge < -0.3 is 19.4 Å². The molecular formula is C14H15N7O3. The quantitative estimate of drug-likeness (QED) is 0.664. The molecule has 4 heterocycles. The largest absolute Gasteiger partial charge is 0.464 e. The maximum atomic E-state index is 11.8. The van der Waals surface area contributed by atoms with E-state index in [4.69, 9.17) is 9.47 Å². The second kappa shape index (κ2) is 5.89. The molecule has 1 atom stereocenters. The Kier molecular flexibility index (Phi) is 3.58. The zero-order valence-electron chi connectivity index (χ0n) is 12.9. The smallest absolute Gasteiger partial charge is 0.354 e. The van der Waals surface area contributed by atoms with Crippen molar-refractivity contribution in [3.63, 3.8) is 0 Å². The highest BCUT2D eigenvalue weighted by Crippen LogP contribution is 2.31. The van der Waals surface area contributed by atoms with E-state index in [1.165, 1.54) is 19.8 Å². The zero-order chi connectivity index (χ0) is 16.5. The number of nitrogens with zero attached hydrogens (tertiary/aromatic N) is 5. The Balaban J connectivity index is 1.79. The number of aromatic nitrogens is 6. The van der Waals surface area contributed by atoms with Gasteiger partial charge in [0.1, 0.15) is 41.7 Å². The molecule has 1 fully saturated rings. The lowest BCUT2D eigenvalue weighted by Gasteiger charge is -2.35. The SMILES string of the molecule is COC(=O)c1cc2c(N3CCOCC3c3ncn[nH]3)ncnc2[nH]1. The summed E-state index contributed by atoms with van der Waals surface area (Å²) in [4.78, 5) is 29.6. The fourth-order valence-corrected chi connectivity index (χ4v) is 2.83. The molecular weight excluding hydrogens is 314 g/mol. The van der Waals surface area contributed by atoms with Gasteiger partial charge in [0.05, 0.1) is 25.7 Å². The molecule has 3 aromatic rings. The third kappa shape index (κ3) is 2.36. The van der Waals surface area contributed by atoms with E-state index in [0.717, 1.165) is 5.39 Å². The first-order valence-corrected chi connectivity index (χ1v) is 7.39. The maximum absolute atomic E-state index is 11.8. The van der Waals surface area contributed by atoms with Gasteiger partial charge in [0, 0.05) is 6.54 Å². The van der Waals surface area contributed by atoms with Gasteiger partial charge >= 0.3 is 5.97 Å². The Hall–Kier alpha value is -3.01. The molecule has 0 amide bonds. The highest BCUT2D eigenvalue weighted by atomic mass is 16.5. The van der Waals surface area contributed by atoms with E-state index in [1.54, 1.807) is 6.07 Å². The topological polar surface area (TPSA) is 122 Å². The van der Waals surface area contributed by atoms with Gasteiger partial charge in [-0.3, -0.25) is 5.10 Å². The number of carbonyl (C=O) groups excluding carboxylic acids is 1. The summed E-state index contributed by atoms with van der Waals surface area (Å²) < 4.78 is 10.3. The molecule has 0 aliphatic carbocycles. The van der Waals surface area contributed by atoms with Crippen molar-refractivity contribution in [1.82, 2.24) is 30.1 Å². The van der Waals surface area contributed by atoms with Gasteiger partial charge in [-0.25, -0.2) is 19.7 Å². The van der Waals surface area contributed by atoms with Crippen LogP contribution in [0.1, 0.15) is 22.4 Å². The number of nitrogens with one attached hydrogen (secondary N) is 2. The summed E-state index contributed by atoms with van der Waals surface area (Å²) in [5.41, 5.74) is 0.905. The molecule has 10 heteroatoms. The molecule has 24 heavy (non-hydrogen) atoms. The molecule has 0 radical (unpaired) electrons. The summed E-state index contributed by atoms with van der Waals surface area (Å²) >= 11 is 0. The number of hydrogen-bond acceptors (Lipinski definition) is 8. The molecule has 4 rings (SSSR count). The number of ether oxygens (including phenoxy) is 2. The Morgan fingerprint density at radius 3 is 3.08 bits per heavy atom. The van der Waals surface area contributed by atoms with Crippen molar-refractivity contribution in [2.45, 2.75) is 6.04 Å². The average Bonchev–Trinajstić information content (AvgIpc) is 3.30. The first-order chi connectivity index (χ1) is 11.8. The van der Waals surface area contributed by atoms with Crippen LogP contribution < -0.4 is 4.90 Å². The van der Waals surface area contributed by atoms with Gasteiger partial charge in [-0.2, -0.15) is 5.10 Å². The standard InChI is InChI=1S/C14H15N7O3/c1-23-14(22)9-4-8-11(19-9)15-6-17-13(8)21-2-3-24-5-10(21)12-16-7-18-20-12/h4,6-7,10H,2-3,5H2,1H3,(H,15,17,19)(H,16,18,20). The number of anilines is 1. The number of hydrogen-bond donors (Lipinski definition) is 2. The van der Waals surface area contributed by atoms with Gasteiger partial charge in [0.2, 0.25) is 0 Å². The van der Waals surface area contributed by atoms with Crippen LogP contribution in [0.15, 0.2) is 18.7 Å². The third-order valence-electron chi connectivity index (χ3n) is 3.96. The number of methoxy groups -OCH3 is 1. The van der Waals surface area contributed by atoms with Crippen LogP contribution >= 0.6 is 0 Å². The third-order valence-corrected chi connectivity index (χ3v) is 3.96. The van der Waals surface area contributed by atoms with Crippen molar-refractivity contribution >= 4 is 22.8 Å². The molecule has 0 bridgehead atoms. The van der Waals surface area contributed by atoms with Crippen molar-refractivity contribution in [2.24, 2.45) is 0 Å². The number of esters is 1. The van der Waals surface area contributed by atoms with E-state index in [-0.39, 0.29) is 6.04 Å². The molecule has 0 aromatic carbocycles. The zero-order valence-corrected chi connectivity index (χ0v) is 12.9. The summed E-state index contributed by atoms with van der Waals surface area (Å²) in [5, 5.41) is 7.53. The number of carbonyl (C=O) groups is 1. The minimum atomic E-state index is -0.451. The lowest BCUT2D eigenvalue weighted by Crippen LogP contribution is -2.40. The van der Waals surface area contributed by atoms with Crippen LogP contribution in [0, 0.1) is 0 Å². The summed E-state index contributed by atoms with van der Waals surface area (Å²) in [5.74, 6) is 0.953. The van der Waals surface area contributed by atoms with Crippen molar-refractivity contribution in [1.29, 1.82) is 0 Å². The molecule has 1 aliphatic heterocycles.